The Morgan fingerprint density at radius 2 is 1.84 bits per heavy atom. The Morgan fingerprint density at radius 1 is 1.10 bits per heavy atom. The third-order valence-corrected chi connectivity index (χ3v) is 6.60. The number of allylic oxidation sites excluding steroid dienone is 2. The summed E-state index contributed by atoms with van der Waals surface area (Å²) in [4.78, 5) is 35.9. The zero-order chi connectivity index (χ0) is 22.3. The van der Waals surface area contributed by atoms with Crippen molar-refractivity contribution in [3.05, 3.63) is 35.0 Å². The largest absolute Gasteiger partial charge is 0.493 e. The van der Waals surface area contributed by atoms with Gasteiger partial charge in [-0.05, 0) is 35.3 Å². The number of rotatable bonds is 4. The summed E-state index contributed by atoms with van der Waals surface area (Å²) in [6, 6.07) is 5.54. The van der Waals surface area contributed by atoms with Gasteiger partial charge in [-0.15, -0.1) is 0 Å². The Hall–Kier alpha value is -2.61. The second kappa shape index (κ2) is 8.15. The number of aliphatic imine (C=N–C) groups is 2. The van der Waals surface area contributed by atoms with Crippen molar-refractivity contribution < 1.29 is 19.1 Å². The number of nitrogens with zero attached hydrogens (tertiary/aromatic N) is 2. The summed E-state index contributed by atoms with van der Waals surface area (Å²) in [6.45, 7) is 6.15. The van der Waals surface area contributed by atoms with E-state index in [0.717, 1.165) is 17.0 Å². The smallest absolute Gasteiger partial charge is 0.237 e. The van der Waals surface area contributed by atoms with Crippen molar-refractivity contribution in [3.63, 3.8) is 0 Å². The number of fused-ring (bicyclic) bond motifs is 1. The van der Waals surface area contributed by atoms with E-state index < -0.39 is 11.8 Å². The molecule has 0 spiro atoms. The number of hydrogen-bond donors (Lipinski definition) is 1. The van der Waals surface area contributed by atoms with Crippen molar-refractivity contribution in [1.29, 1.82) is 0 Å². The fourth-order valence-corrected chi connectivity index (χ4v) is 5.17. The first-order chi connectivity index (χ1) is 14.8. The molecule has 8 heteroatoms. The molecule has 2 aliphatic heterocycles. The van der Waals surface area contributed by atoms with E-state index in [9.17, 15) is 9.59 Å². The lowest BCUT2D eigenvalue weighted by Crippen LogP contribution is -2.48. The molecule has 2 atom stereocenters. The van der Waals surface area contributed by atoms with Crippen molar-refractivity contribution >= 4 is 34.5 Å². The summed E-state index contributed by atoms with van der Waals surface area (Å²) in [6.07, 6.45) is 1.09. The molecule has 3 aliphatic rings. The molecule has 0 bridgehead atoms. The topological polar surface area (TPSA) is 89.3 Å². The lowest BCUT2D eigenvalue weighted by molar-refractivity contribution is -0.122. The quantitative estimate of drug-likeness (QED) is 0.770. The van der Waals surface area contributed by atoms with Crippen molar-refractivity contribution in [2.75, 3.05) is 20.0 Å². The Labute approximate surface area is 186 Å². The molecule has 1 aromatic carbocycles. The van der Waals surface area contributed by atoms with Gasteiger partial charge in [0.15, 0.2) is 22.4 Å². The first kappa shape index (κ1) is 21.6. The molecule has 0 fully saturated rings. The van der Waals surface area contributed by atoms with E-state index in [1.807, 2.05) is 19.1 Å². The number of hydrogen-bond acceptors (Lipinski definition) is 7. The lowest BCUT2D eigenvalue weighted by Gasteiger charge is -2.40. The Kier molecular flexibility index (Phi) is 5.68. The predicted octanol–water partition coefficient (Wildman–Crippen LogP) is 3.70. The molecular weight excluding hydrogens is 414 g/mol. The van der Waals surface area contributed by atoms with Crippen molar-refractivity contribution in [3.8, 4) is 11.5 Å². The Balaban J connectivity index is 1.90. The molecule has 1 N–H and O–H groups in total. The van der Waals surface area contributed by atoms with Gasteiger partial charge in [-0.25, -0.2) is 9.98 Å². The van der Waals surface area contributed by atoms with Gasteiger partial charge in [0, 0.05) is 17.9 Å². The van der Waals surface area contributed by atoms with Crippen LogP contribution in [0.2, 0.25) is 0 Å². The second-order valence-electron chi connectivity index (χ2n) is 8.68. The molecule has 0 saturated heterocycles. The van der Waals surface area contributed by atoms with Gasteiger partial charge < -0.3 is 14.8 Å². The number of amidine groups is 2. The van der Waals surface area contributed by atoms with Gasteiger partial charge in [0.25, 0.3) is 0 Å². The number of ether oxygens (including phenoxy) is 2. The monoisotopic (exact) mass is 441 g/mol. The SMILES string of the molecule is CCSC1=NC2=NC3=C(C(=O)CC(C)(C)C3)C(c3ccc(OC)c(OC)c3)C2C(=O)N1. The standard InChI is InChI=1S/C23H27N3O4S/c1-6-31-22-25-20-19(21(28)26-22)17(12-7-8-15(29-4)16(9-12)30-5)18-13(24-20)10-23(2,3)11-14(18)27/h7-9,17,19H,6,10-11H2,1-5H3,(H,24,25,26,28). The molecule has 0 saturated carbocycles. The van der Waals surface area contributed by atoms with Gasteiger partial charge in [0.1, 0.15) is 11.8 Å². The normalized spacial score (nSPS) is 24.5. The van der Waals surface area contributed by atoms with Crippen LogP contribution in [0.25, 0.3) is 0 Å². The number of amides is 1. The zero-order valence-electron chi connectivity index (χ0n) is 18.4. The fraction of sp³-hybridized carbons (Fsp3) is 0.478. The zero-order valence-corrected chi connectivity index (χ0v) is 19.3. The molecule has 4 rings (SSSR count). The highest BCUT2D eigenvalue weighted by molar-refractivity contribution is 8.13. The van der Waals surface area contributed by atoms with Gasteiger partial charge in [-0.3, -0.25) is 9.59 Å². The molecule has 0 radical (unpaired) electrons. The molecule has 0 aromatic heterocycles. The van der Waals surface area contributed by atoms with Crippen molar-refractivity contribution in [2.45, 2.75) is 39.5 Å². The van der Waals surface area contributed by atoms with Crippen molar-refractivity contribution in [2.24, 2.45) is 21.3 Å². The highest BCUT2D eigenvalue weighted by Gasteiger charge is 2.48. The maximum Gasteiger partial charge on any atom is 0.237 e. The van der Waals surface area contributed by atoms with E-state index in [1.54, 1.807) is 20.3 Å². The van der Waals surface area contributed by atoms with Gasteiger partial charge in [-0.1, -0.05) is 38.6 Å². The first-order valence-corrected chi connectivity index (χ1v) is 11.4. The van der Waals surface area contributed by atoms with Crippen LogP contribution in [-0.2, 0) is 9.59 Å². The number of Topliss-reactive ketones (excluding diaryl/α,β-unsaturated/α-hetero) is 1. The highest BCUT2D eigenvalue weighted by atomic mass is 32.2. The van der Waals surface area contributed by atoms with E-state index >= 15 is 0 Å². The molecule has 1 aromatic rings. The summed E-state index contributed by atoms with van der Waals surface area (Å²) in [5.74, 6) is 1.13. The van der Waals surface area contributed by atoms with Gasteiger partial charge in [0.05, 0.1) is 19.9 Å². The summed E-state index contributed by atoms with van der Waals surface area (Å²) in [5.41, 5.74) is 1.99. The maximum absolute atomic E-state index is 13.3. The van der Waals surface area contributed by atoms with Crippen LogP contribution in [0.5, 0.6) is 11.5 Å². The minimum Gasteiger partial charge on any atom is -0.493 e. The second-order valence-corrected chi connectivity index (χ2v) is 9.93. The average Bonchev–Trinajstić information content (AvgIpc) is 2.71. The summed E-state index contributed by atoms with van der Waals surface area (Å²) in [5, 5.41) is 3.45. The van der Waals surface area contributed by atoms with Crippen molar-refractivity contribution in [1.82, 2.24) is 5.32 Å². The molecule has 7 nitrogen and oxygen atoms in total. The van der Waals surface area contributed by atoms with Gasteiger partial charge in [0.2, 0.25) is 5.91 Å². The van der Waals surface area contributed by atoms with Crippen LogP contribution < -0.4 is 14.8 Å². The van der Waals surface area contributed by atoms with Crippen LogP contribution >= 0.6 is 11.8 Å². The van der Waals surface area contributed by atoms with Gasteiger partial charge >= 0.3 is 0 Å². The average molecular weight is 442 g/mol. The summed E-state index contributed by atoms with van der Waals surface area (Å²) in [7, 11) is 3.15. The third kappa shape index (κ3) is 3.89. The van der Waals surface area contributed by atoms with Crippen LogP contribution in [0.15, 0.2) is 39.5 Å². The maximum atomic E-state index is 13.3. The van der Waals surface area contributed by atoms with Crippen LogP contribution in [0.4, 0.5) is 0 Å². The minimum atomic E-state index is -0.664. The third-order valence-electron chi connectivity index (χ3n) is 5.84. The molecule has 2 heterocycles. The Bertz CT molecular complexity index is 1040. The molecule has 164 valence electrons. The molecule has 1 aliphatic carbocycles. The fourth-order valence-electron chi connectivity index (χ4n) is 4.57. The number of methoxy groups -OCH3 is 2. The van der Waals surface area contributed by atoms with E-state index in [1.165, 1.54) is 11.8 Å². The number of carbonyl (C=O) groups is 2. The highest BCUT2D eigenvalue weighted by Crippen LogP contribution is 2.49. The number of ketones is 1. The van der Waals surface area contributed by atoms with Crippen LogP contribution in [0.3, 0.4) is 0 Å². The van der Waals surface area contributed by atoms with Gasteiger partial charge in [-0.2, -0.15) is 0 Å². The number of thioether (sulfide) groups is 1. The predicted molar refractivity (Wildman–Crippen MR) is 122 cm³/mol. The molecule has 2 unspecified atom stereocenters. The summed E-state index contributed by atoms with van der Waals surface area (Å²) < 4.78 is 10.9. The van der Waals surface area contributed by atoms with E-state index in [4.69, 9.17) is 14.5 Å². The number of carbonyl (C=O) groups excluding carboxylic acids is 2. The van der Waals surface area contributed by atoms with Crippen LogP contribution in [-0.4, -0.2) is 42.7 Å². The number of nitrogens with one attached hydrogen (secondary N) is 1. The van der Waals surface area contributed by atoms with E-state index in [0.29, 0.717) is 40.9 Å². The number of benzene rings is 1. The molecule has 31 heavy (non-hydrogen) atoms. The lowest BCUT2D eigenvalue weighted by atomic mass is 9.67. The van der Waals surface area contributed by atoms with Crippen LogP contribution in [0, 0.1) is 11.3 Å². The molecule has 1 amide bonds. The van der Waals surface area contributed by atoms with E-state index in [-0.39, 0.29) is 17.1 Å². The Morgan fingerprint density at radius 3 is 2.52 bits per heavy atom. The van der Waals surface area contributed by atoms with E-state index in [2.05, 4.69) is 24.2 Å². The molecular formula is C23H27N3O4S. The van der Waals surface area contributed by atoms with Crippen LogP contribution in [0.1, 0.15) is 45.1 Å². The minimum absolute atomic E-state index is 0.0411. The first-order valence-electron chi connectivity index (χ1n) is 10.4. The summed E-state index contributed by atoms with van der Waals surface area (Å²) >= 11 is 1.47.